The molecule has 1 aromatic heterocycles. The summed E-state index contributed by atoms with van der Waals surface area (Å²) in [5.41, 5.74) is 1.19. The third-order valence-corrected chi connectivity index (χ3v) is 7.51. The highest BCUT2D eigenvalue weighted by atomic mass is 32.2. The third kappa shape index (κ3) is 3.20. The number of carbonyl (C=O) groups excluding carboxylic acids is 1. The lowest BCUT2D eigenvalue weighted by molar-refractivity contribution is -0.113. The van der Waals surface area contributed by atoms with Gasteiger partial charge in [-0.2, -0.15) is 5.26 Å². The van der Waals surface area contributed by atoms with Crippen LogP contribution in [0.15, 0.2) is 29.4 Å². The monoisotopic (exact) mass is 393 g/mol. The maximum atomic E-state index is 12.3. The predicted octanol–water partition coefficient (Wildman–Crippen LogP) is 3.87. The number of benzene rings is 1. The van der Waals surface area contributed by atoms with E-state index in [1.165, 1.54) is 50.3 Å². The zero-order valence-electron chi connectivity index (χ0n) is 15.6. The van der Waals surface area contributed by atoms with Crippen LogP contribution < -0.4 is 5.32 Å². The van der Waals surface area contributed by atoms with Gasteiger partial charge in [-0.3, -0.25) is 9.89 Å². The Morgan fingerprint density at radius 1 is 1.21 bits per heavy atom. The van der Waals surface area contributed by atoms with Crippen molar-refractivity contribution in [2.75, 3.05) is 11.1 Å². The van der Waals surface area contributed by atoms with Gasteiger partial charge in [0.05, 0.1) is 17.0 Å². The van der Waals surface area contributed by atoms with Gasteiger partial charge in [0.1, 0.15) is 11.9 Å². The van der Waals surface area contributed by atoms with Crippen molar-refractivity contribution in [3.8, 4) is 6.07 Å². The number of aromatic nitrogens is 3. The van der Waals surface area contributed by atoms with Crippen LogP contribution in [0.25, 0.3) is 0 Å². The van der Waals surface area contributed by atoms with Crippen molar-refractivity contribution in [1.29, 1.82) is 5.26 Å². The third-order valence-electron chi connectivity index (χ3n) is 6.66. The van der Waals surface area contributed by atoms with Gasteiger partial charge in [0.2, 0.25) is 11.1 Å². The molecular weight excluding hydrogens is 370 g/mol. The van der Waals surface area contributed by atoms with Gasteiger partial charge in [-0.1, -0.05) is 23.9 Å². The maximum absolute atomic E-state index is 12.3. The second-order valence-corrected chi connectivity index (χ2v) is 9.60. The van der Waals surface area contributed by atoms with Crippen LogP contribution in [0.5, 0.6) is 0 Å². The molecular formula is C21H23N5OS. The molecule has 1 heterocycles. The first-order valence-corrected chi connectivity index (χ1v) is 11.0. The lowest BCUT2D eigenvalue weighted by Gasteiger charge is -2.55. The second kappa shape index (κ2) is 6.93. The molecule has 6 nitrogen and oxygen atoms in total. The van der Waals surface area contributed by atoms with E-state index in [4.69, 9.17) is 10.2 Å². The molecule has 1 aromatic carbocycles. The predicted molar refractivity (Wildman–Crippen MR) is 107 cm³/mol. The number of carbonyl (C=O) groups is 1. The minimum atomic E-state index is -0.158. The topological polar surface area (TPSA) is 94.5 Å². The van der Waals surface area contributed by atoms with Gasteiger partial charge in [0.25, 0.3) is 0 Å². The molecule has 4 fully saturated rings. The molecule has 0 aliphatic heterocycles. The van der Waals surface area contributed by atoms with Crippen molar-refractivity contribution in [1.82, 2.24) is 15.2 Å². The Balaban J connectivity index is 1.23. The minimum absolute atomic E-state index is 0.158. The molecule has 0 radical (unpaired) electrons. The van der Waals surface area contributed by atoms with Gasteiger partial charge in [0, 0.05) is 5.41 Å². The zero-order chi connectivity index (χ0) is 19.1. The van der Waals surface area contributed by atoms with Crippen LogP contribution in [0.4, 0.5) is 5.69 Å². The smallest absolute Gasteiger partial charge is 0.234 e. The van der Waals surface area contributed by atoms with Crippen molar-refractivity contribution >= 4 is 23.4 Å². The molecule has 6 rings (SSSR count). The van der Waals surface area contributed by atoms with Crippen LogP contribution in [-0.2, 0) is 10.2 Å². The molecule has 4 aliphatic rings. The van der Waals surface area contributed by atoms with E-state index < -0.39 is 0 Å². The first-order valence-electron chi connectivity index (χ1n) is 9.98. The van der Waals surface area contributed by atoms with Crippen LogP contribution in [0.3, 0.4) is 0 Å². The lowest BCUT2D eigenvalue weighted by Crippen LogP contribution is -2.49. The summed E-state index contributed by atoms with van der Waals surface area (Å²) >= 11 is 1.34. The Kier molecular flexibility index (Phi) is 4.39. The molecule has 4 bridgehead atoms. The van der Waals surface area contributed by atoms with Crippen LogP contribution in [0.1, 0.15) is 49.9 Å². The Bertz CT molecular complexity index is 911. The Hall–Kier alpha value is -2.33. The summed E-state index contributed by atoms with van der Waals surface area (Å²) in [6.45, 7) is 0. The van der Waals surface area contributed by atoms with E-state index in [0.29, 0.717) is 16.4 Å². The SMILES string of the molecule is N#Cc1ccccc1NC(=O)CSc1n[nH]c(C23CC4CC(CC(C4)C2)C3)n1. The summed E-state index contributed by atoms with van der Waals surface area (Å²) in [4.78, 5) is 17.1. The molecule has 0 atom stereocenters. The van der Waals surface area contributed by atoms with Crippen LogP contribution >= 0.6 is 11.8 Å². The van der Waals surface area contributed by atoms with Crippen LogP contribution in [-0.4, -0.2) is 26.8 Å². The average molecular weight is 394 g/mol. The van der Waals surface area contributed by atoms with Gasteiger partial charge < -0.3 is 5.32 Å². The Morgan fingerprint density at radius 2 is 1.89 bits per heavy atom. The van der Waals surface area contributed by atoms with Crippen LogP contribution in [0.2, 0.25) is 0 Å². The summed E-state index contributed by atoms with van der Waals surface area (Å²) in [5.74, 6) is 3.67. The van der Waals surface area contributed by atoms with E-state index in [1.807, 2.05) is 0 Å². The van der Waals surface area contributed by atoms with Gasteiger partial charge in [-0.15, -0.1) is 5.10 Å². The summed E-state index contributed by atoms with van der Waals surface area (Å²) < 4.78 is 0. The highest BCUT2D eigenvalue weighted by Crippen LogP contribution is 2.60. The number of hydrogen-bond acceptors (Lipinski definition) is 5. The van der Waals surface area contributed by atoms with Crippen molar-refractivity contribution in [3.05, 3.63) is 35.7 Å². The molecule has 2 N–H and O–H groups in total. The first kappa shape index (κ1) is 17.7. The summed E-state index contributed by atoms with van der Waals surface area (Å²) in [7, 11) is 0. The Labute approximate surface area is 168 Å². The number of nitriles is 1. The van der Waals surface area contributed by atoms with E-state index in [1.54, 1.807) is 24.3 Å². The van der Waals surface area contributed by atoms with Gasteiger partial charge >= 0.3 is 0 Å². The van der Waals surface area contributed by atoms with E-state index in [-0.39, 0.29) is 17.1 Å². The number of thioether (sulfide) groups is 1. The molecule has 4 saturated carbocycles. The van der Waals surface area contributed by atoms with Gasteiger partial charge in [-0.05, 0) is 68.4 Å². The molecule has 1 amide bonds. The van der Waals surface area contributed by atoms with E-state index >= 15 is 0 Å². The number of anilines is 1. The fourth-order valence-corrected chi connectivity index (χ4v) is 6.55. The lowest BCUT2D eigenvalue weighted by atomic mass is 9.49. The summed E-state index contributed by atoms with van der Waals surface area (Å²) in [6.07, 6.45) is 7.93. The zero-order valence-corrected chi connectivity index (χ0v) is 16.5. The largest absolute Gasteiger partial charge is 0.324 e. The molecule has 0 spiro atoms. The molecule has 28 heavy (non-hydrogen) atoms. The van der Waals surface area contributed by atoms with E-state index in [0.717, 1.165) is 23.6 Å². The summed E-state index contributed by atoms with van der Waals surface area (Å²) in [5, 5.41) is 20.1. The average Bonchev–Trinajstić information content (AvgIpc) is 3.16. The minimum Gasteiger partial charge on any atom is -0.324 e. The standard InChI is InChI=1S/C21H23N5OS/c22-11-16-3-1-2-4-17(16)23-18(27)12-28-20-24-19(25-26-20)21-8-13-5-14(9-21)7-15(6-13)10-21/h1-4,13-15H,5-10,12H2,(H,23,27)(H,24,25,26). The molecule has 144 valence electrons. The Morgan fingerprint density at radius 3 is 2.57 bits per heavy atom. The van der Waals surface area contributed by atoms with E-state index in [9.17, 15) is 4.79 Å². The fraction of sp³-hybridized carbons (Fsp3) is 0.524. The number of aromatic amines is 1. The molecule has 7 heteroatoms. The van der Waals surface area contributed by atoms with Gasteiger partial charge in [0.15, 0.2) is 0 Å². The van der Waals surface area contributed by atoms with Crippen LogP contribution in [0, 0.1) is 29.1 Å². The maximum Gasteiger partial charge on any atom is 0.234 e. The van der Waals surface area contributed by atoms with E-state index in [2.05, 4.69) is 21.6 Å². The van der Waals surface area contributed by atoms with Gasteiger partial charge in [-0.25, -0.2) is 4.98 Å². The number of nitrogens with one attached hydrogen (secondary N) is 2. The number of rotatable bonds is 5. The normalized spacial score (nSPS) is 30.2. The number of amides is 1. The van der Waals surface area contributed by atoms with Crippen molar-refractivity contribution in [3.63, 3.8) is 0 Å². The number of H-pyrrole nitrogens is 1. The molecule has 4 aliphatic carbocycles. The number of nitrogens with zero attached hydrogens (tertiary/aromatic N) is 3. The fourth-order valence-electron chi connectivity index (χ4n) is 5.95. The van der Waals surface area contributed by atoms with Crippen molar-refractivity contribution in [2.24, 2.45) is 17.8 Å². The quantitative estimate of drug-likeness (QED) is 0.752. The molecule has 2 aromatic rings. The highest BCUT2D eigenvalue weighted by Gasteiger charge is 2.53. The highest BCUT2D eigenvalue weighted by molar-refractivity contribution is 7.99. The second-order valence-electron chi connectivity index (χ2n) is 8.66. The summed E-state index contributed by atoms with van der Waals surface area (Å²) in [6, 6.07) is 9.10. The number of para-hydroxylation sites is 1. The molecule has 0 unspecified atom stereocenters. The number of hydrogen-bond donors (Lipinski definition) is 2. The molecule has 0 saturated heterocycles. The van der Waals surface area contributed by atoms with Crippen molar-refractivity contribution in [2.45, 2.75) is 49.1 Å². The first-order chi connectivity index (χ1) is 13.6. The van der Waals surface area contributed by atoms with Crippen molar-refractivity contribution < 1.29 is 4.79 Å².